The van der Waals surface area contributed by atoms with E-state index in [0.29, 0.717) is 18.8 Å². The zero-order chi connectivity index (χ0) is 23.0. The number of rotatable bonds is 7. The summed E-state index contributed by atoms with van der Waals surface area (Å²) in [6, 6.07) is 7.06. The van der Waals surface area contributed by atoms with E-state index in [1.54, 1.807) is 17.9 Å². The van der Waals surface area contributed by atoms with Gasteiger partial charge in [-0.25, -0.2) is 9.37 Å². The lowest BCUT2D eigenvalue weighted by molar-refractivity contribution is -0.131. The summed E-state index contributed by atoms with van der Waals surface area (Å²) in [4.78, 5) is 33.9. The molecule has 1 aromatic heterocycles. The SMILES string of the molecule is CC(=O)N(Cc1cccc(N)c1)C[C@@H]1C[C@@H]2C[C@H]1[C@@H](Nc1nc(Cl)ncc1F)[C@H]2C(N)=O. The van der Waals surface area contributed by atoms with Crippen molar-refractivity contribution in [2.75, 3.05) is 17.6 Å². The van der Waals surface area contributed by atoms with E-state index in [9.17, 15) is 14.0 Å². The Bertz CT molecular complexity index is 1040. The fourth-order valence-corrected chi connectivity index (χ4v) is 5.55. The standard InChI is InChI=1S/C22H26ClFN6O2/c1-11(31)30(9-12-3-2-4-15(25)5-12)10-14-6-13-7-16(14)19(18(13)20(26)32)28-21-17(24)8-27-22(23)29-21/h2-5,8,13-14,16,18-19H,6-7,9-10,25H2,1H3,(H2,26,32)(H,27,28,29)/t13-,14+,16-,18+,19-/m1/s1. The van der Waals surface area contributed by atoms with E-state index in [-0.39, 0.29) is 34.8 Å². The molecule has 2 saturated carbocycles. The number of nitrogens with two attached hydrogens (primary N) is 2. The first-order valence-corrected chi connectivity index (χ1v) is 10.9. The molecule has 0 saturated heterocycles. The summed E-state index contributed by atoms with van der Waals surface area (Å²) in [7, 11) is 0. The van der Waals surface area contributed by atoms with Crippen molar-refractivity contribution in [1.82, 2.24) is 14.9 Å². The fraction of sp³-hybridized carbons (Fsp3) is 0.455. The van der Waals surface area contributed by atoms with Crippen molar-refractivity contribution in [2.45, 2.75) is 32.4 Å². The Balaban J connectivity index is 1.53. The smallest absolute Gasteiger partial charge is 0.224 e. The number of carbonyl (C=O) groups excluding carboxylic acids is 2. The van der Waals surface area contributed by atoms with Crippen LogP contribution in [0.4, 0.5) is 15.9 Å². The Morgan fingerprint density at radius 2 is 2.12 bits per heavy atom. The Morgan fingerprint density at radius 1 is 1.34 bits per heavy atom. The fourth-order valence-electron chi connectivity index (χ4n) is 5.41. The van der Waals surface area contributed by atoms with Crippen LogP contribution in [-0.4, -0.2) is 39.3 Å². The van der Waals surface area contributed by atoms with Crippen LogP contribution in [-0.2, 0) is 16.1 Å². The molecular weight excluding hydrogens is 435 g/mol. The third-order valence-electron chi connectivity index (χ3n) is 6.71. The summed E-state index contributed by atoms with van der Waals surface area (Å²) < 4.78 is 14.3. The monoisotopic (exact) mass is 460 g/mol. The normalized spacial score (nSPS) is 26.2. The number of amides is 2. The van der Waals surface area contributed by atoms with Crippen molar-refractivity contribution in [2.24, 2.45) is 29.4 Å². The highest BCUT2D eigenvalue weighted by Gasteiger charge is 2.55. The van der Waals surface area contributed by atoms with Crippen LogP contribution in [0.15, 0.2) is 30.5 Å². The number of halogens is 2. The zero-order valence-corrected chi connectivity index (χ0v) is 18.4. The number of nitrogens with one attached hydrogen (secondary N) is 1. The molecule has 0 aliphatic heterocycles. The topological polar surface area (TPSA) is 127 Å². The van der Waals surface area contributed by atoms with E-state index < -0.39 is 23.7 Å². The van der Waals surface area contributed by atoms with Gasteiger partial charge in [0.2, 0.25) is 17.1 Å². The lowest BCUT2D eigenvalue weighted by atomic mass is 9.77. The number of nitrogen functional groups attached to an aromatic ring is 1. The molecule has 1 heterocycles. The van der Waals surface area contributed by atoms with Crippen molar-refractivity contribution < 1.29 is 14.0 Å². The molecule has 0 spiro atoms. The van der Waals surface area contributed by atoms with E-state index in [1.165, 1.54) is 0 Å². The van der Waals surface area contributed by atoms with Gasteiger partial charge in [-0.2, -0.15) is 4.98 Å². The molecule has 8 nitrogen and oxygen atoms in total. The number of fused-ring (bicyclic) bond motifs is 2. The highest BCUT2D eigenvalue weighted by Crippen LogP contribution is 2.53. The van der Waals surface area contributed by atoms with Crippen LogP contribution in [0.25, 0.3) is 0 Å². The second kappa shape index (κ2) is 8.90. The summed E-state index contributed by atoms with van der Waals surface area (Å²) in [6.07, 6.45) is 2.55. The lowest BCUT2D eigenvalue weighted by Crippen LogP contribution is -2.47. The van der Waals surface area contributed by atoms with Crippen molar-refractivity contribution in [3.63, 3.8) is 0 Å². The van der Waals surface area contributed by atoms with Gasteiger partial charge in [-0.3, -0.25) is 9.59 Å². The molecule has 2 aromatic rings. The van der Waals surface area contributed by atoms with Crippen molar-refractivity contribution in [1.29, 1.82) is 0 Å². The third kappa shape index (κ3) is 4.48. The summed E-state index contributed by atoms with van der Waals surface area (Å²) in [5.74, 6) is -1.35. The van der Waals surface area contributed by atoms with Gasteiger partial charge >= 0.3 is 0 Å². The van der Waals surface area contributed by atoms with Crippen LogP contribution < -0.4 is 16.8 Å². The molecule has 4 rings (SSSR count). The van der Waals surface area contributed by atoms with Gasteiger partial charge in [-0.15, -0.1) is 0 Å². The van der Waals surface area contributed by atoms with Crippen LogP contribution in [0.1, 0.15) is 25.3 Å². The predicted molar refractivity (Wildman–Crippen MR) is 119 cm³/mol. The molecule has 1 aromatic carbocycles. The van der Waals surface area contributed by atoms with Crippen LogP contribution in [0, 0.1) is 29.5 Å². The van der Waals surface area contributed by atoms with Crippen molar-refractivity contribution in [3.8, 4) is 0 Å². The average molecular weight is 461 g/mol. The number of hydrogen-bond donors (Lipinski definition) is 3. The number of aromatic nitrogens is 2. The van der Waals surface area contributed by atoms with E-state index in [0.717, 1.165) is 24.6 Å². The Labute approximate surface area is 190 Å². The van der Waals surface area contributed by atoms with Crippen LogP contribution in [0.3, 0.4) is 0 Å². The molecular formula is C22H26ClFN6O2. The molecule has 2 aliphatic rings. The van der Waals surface area contributed by atoms with Gasteiger partial charge in [0.1, 0.15) is 0 Å². The number of hydrogen-bond acceptors (Lipinski definition) is 6. The first-order valence-electron chi connectivity index (χ1n) is 10.6. The van der Waals surface area contributed by atoms with Gasteiger partial charge in [0, 0.05) is 31.7 Å². The van der Waals surface area contributed by atoms with Gasteiger partial charge in [0.15, 0.2) is 11.6 Å². The zero-order valence-electron chi connectivity index (χ0n) is 17.7. The molecule has 2 aliphatic carbocycles. The summed E-state index contributed by atoms with van der Waals surface area (Å²) in [5, 5.41) is 2.98. The van der Waals surface area contributed by atoms with Crippen LogP contribution in [0.5, 0.6) is 0 Å². The quantitative estimate of drug-likeness (QED) is 0.430. The number of nitrogens with zero attached hydrogens (tertiary/aromatic N) is 3. The second-order valence-electron chi connectivity index (χ2n) is 8.73. The Hall–Kier alpha value is -2.94. The summed E-state index contributed by atoms with van der Waals surface area (Å²) >= 11 is 5.83. The number of benzene rings is 1. The first kappa shape index (κ1) is 22.3. The first-order chi connectivity index (χ1) is 15.2. The van der Waals surface area contributed by atoms with Gasteiger partial charge in [0.25, 0.3) is 0 Å². The maximum Gasteiger partial charge on any atom is 0.224 e. The number of primary amides is 1. The molecule has 5 N–H and O–H groups in total. The molecule has 5 atom stereocenters. The van der Waals surface area contributed by atoms with Crippen molar-refractivity contribution >= 4 is 34.9 Å². The largest absolute Gasteiger partial charge is 0.399 e. The van der Waals surface area contributed by atoms with E-state index in [2.05, 4.69) is 15.3 Å². The minimum absolute atomic E-state index is 0.0355. The second-order valence-corrected chi connectivity index (χ2v) is 9.07. The molecule has 0 unspecified atom stereocenters. The van der Waals surface area contributed by atoms with Gasteiger partial charge < -0.3 is 21.7 Å². The van der Waals surface area contributed by atoms with Gasteiger partial charge in [-0.05, 0) is 59.9 Å². The van der Waals surface area contributed by atoms with Crippen molar-refractivity contribution in [3.05, 3.63) is 47.1 Å². The van der Waals surface area contributed by atoms with Gasteiger partial charge in [-0.1, -0.05) is 12.1 Å². The molecule has 2 fully saturated rings. The minimum atomic E-state index is -0.649. The van der Waals surface area contributed by atoms with E-state index >= 15 is 0 Å². The highest BCUT2D eigenvalue weighted by atomic mass is 35.5. The maximum absolute atomic E-state index is 14.3. The van der Waals surface area contributed by atoms with E-state index in [1.807, 2.05) is 18.2 Å². The van der Waals surface area contributed by atoms with Crippen LogP contribution in [0.2, 0.25) is 5.28 Å². The lowest BCUT2D eigenvalue weighted by Gasteiger charge is -2.37. The molecule has 2 amide bonds. The summed E-state index contributed by atoms with van der Waals surface area (Å²) in [5.41, 5.74) is 13.2. The third-order valence-corrected chi connectivity index (χ3v) is 6.90. The predicted octanol–water partition coefficient (Wildman–Crippen LogP) is 2.44. The molecule has 2 bridgehead atoms. The summed E-state index contributed by atoms with van der Waals surface area (Å²) in [6.45, 7) is 2.52. The van der Waals surface area contributed by atoms with Gasteiger partial charge in [0.05, 0.1) is 12.1 Å². The highest BCUT2D eigenvalue weighted by molar-refractivity contribution is 6.28. The maximum atomic E-state index is 14.3. The van der Waals surface area contributed by atoms with Crippen LogP contribution >= 0.6 is 11.6 Å². The molecule has 0 radical (unpaired) electrons. The minimum Gasteiger partial charge on any atom is -0.399 e. The van der Waals surface area contributed by atoms with E-state index in [4.69, 9.17) is 23.1 Å². The number of anilines is 2. The Kier molecular flexibility index (Phi) is 6.19. The molecule has 32 heavy (non-hydrogen) atoms. The molecule has 170 valence electrons. The Morgan fingerprint density at radius 3 is 2.81 bits per heavy atom. The average Bonchev–Trinajstić information content (AvgIpc) is 3.28. The molecule has 10 heteroatoms. The number of carbonyl (C=O) groups is 2.